The monoisotopic (exact) mass is 271 g/mol. The number of halogens is 3. The second-order valence-electron chi connectivity index (χ2n) is 5.59. The molecule has 106 valence electrons. The van der Waals surface area contributed by atoms with Crippen molar-refractivity contribution in [3.8, 4) is 0 Å². The van der Waals surface area contributed by atoms with E-state index in [9.17, 15) is 13.2 Å². The molecule has 0 amide bonds. The Hall–Kier alpha value is -1.19. The third-order valence-corrected chi connectivity index (χ3v) is 3.92. The van der Waals surface area contributed by atoms with Crippen LogP contribution in [0.15, 0.2) is 24.3 Å². The Morgan fingerprint density at radius 3 is 2.47 bits per heavy atom. The molecule has 0 unspecified atom stereocenters. The topological polar surface area (TPSA) is 12.0 Å². The van der Waals surface area contributed by atoms with Crippen molar-refractivity contribution in [2.75, 3.05) is 11.9 Å². The molecule has 0 spiro atoms. The third-order valence-electron chi connectivity index (χ3n) is 3.92. The maximum Gasteiger partial charge on any atom is 0.416 e. The van der Waals surface area contributed by atoms with Gasteiger partial charge in [-0.1, -0.05) is 25.8 Å². The predicted molar refractivity (Wildman–Crippen MR) is 71.1 cm³/mol. The van der Waals surface area contributed by atoms with Crippen molar-refractivity contribution in [2.24, 2.45) is 11.8 Å². The lowest BCUT2D eigenvalue weighted by atomic mass is 9.83. The van der Waals surface area contributed by atoms with Crippen LogP contribution < -0.4 is 5.32 Å². The first kappa shape index (κ1) is 14.2. The SMILES string of the molecule is CC1CCC(CNc2cccc(C(F)(F)F)c2)CC1. The molecule has 1 aromatic rings. The zero-order valence-corrected chi connectivity index (χ0v) is 11.1. The number of nitrogens with one attached hydrogen (secondary N) is 1. The van der Waals surface area contributed by atoms with E-state index < -0.39 is 11.7 Å². The van der Waals surface area contributed by atoms with E-state index in [0.717, 1.165) is 18.5 Å². The van der Waals surface area contributed by atoms with Crippen molar-refractivity contribution in [2.45, 2.75) is 38.8 Å². The number of anilines is 1. The van der Waals surface area contributed by atoms with Crippen molar-refractivity contribution in [1.82, 2.24) is 0 Å². The fraction of sp³-hybridized carbons (Fsp3) is 0.600. The Balaban J connectivity index is 1.89. The van der Waals surface area contributed by atoms with Crippen LogP contribution >= 0.6 is 0 Å². The maximum absolute atomic E-state index is 12.6. The summed E-state index contributed by atoms with van der Waals surface area (Å²) in [7, 11) is 0. The average Bonchev–Trinajstić information content (AvgIpc) is 2.37. The first-order chi connectivity index (χ1) is 8.95. The van der Waals surface area contributed by atoms with Crippen LogP contribution in [0, 0.1) is 11.8 Å². The summed E-state index contributed by atoms with van der Waals surface area (Å²) in [6.45, 7) is 3.03. The molecule has 2 rings (SSSR count). The molecule has 1 aromatic carbocycles. The largest absolute Gasteiger partial charge is 0.416 e. The number of alkyl halides is 3. The maximum atomic E-state index is 12.6. The van der Waals surface area contributed by atoms with E-state index in [4.69, 9.17) is 0 Å². The summed E-state index contributed by atoms with van der Waals surface area (Å²) in [5.74, 6) is 1.38. The van der Waals surface area contributed by atoms with Gasteiger partial charge in [0.1, 0.15) is 0 Å². The smallest absolute Gasteiger partial charge is 0.385 e. The van der Waals surface area contributed by atoms with Gasteiger partial charge in [0.15, 0.2) is 0 Å². The highest BCUT2D eigenvalue weighted by Gasteiger charge is 2.30. The van der Waals surface area contributed by atoms with Gasteiger partial charge < -0.3 is 5.32 Å². The zero-order chi connectivity index (χ0) is 13.9. The molecular weight excluding hydrogens is 251 g/mol. The molecule has 1 fully saturated rings. The van der Waals surface area contributed by atoms with Crippen molar-refractivity contribution in [1.29, 1.82) is 0 Å². The Morgan fingerprint density at radius 2 is 1.84 bits per heavy atom. The lowest BCUT2D eigenvalue weighted by molar-refractivity contribution is -0.137. The summed E-state index contributed by atoms with van der Waals surface area (Å²) in [4.78, 5) is 0. The molecule has 1 saturated carbocycles. The van der Waals surface area contributed by atoms with Gasteiger partial charge >= 0.3 is 6.18 Å². The highest BCUT2D eigenvalue weighted by Crippen LogP contribution is 2.31. The van der Waals surface area contributed by atoms with E-state index in [1.54, 1.807) is 6.07 Å². The van der Waals surface area contributed by atoms with Crippen LogP contribution in [0.3, 0.4) is 0 Å². The second kappa shape index (κ2) is 5.85. The summed E-state index contributed by atoms with van der Waals surface area (Å²) in [6, 6.07) is 5.44. The van der Waals surface area contributed by atoms with Crippen LogP contribution in [0.1, 0.15) is 38.2 Å². The fourth-order valence-corrected chi connectivity index (χ4v) is 2.60. The van der Waals surface area contributed by atoms with Gasteiger partial charge in [0.25, 0.3) is 0 Å². The standard InChI is InChI=1S/C15H20F3N/c1-11-5-7-12(8-6-11)10-19-14-4-2-3-13(9-14)15(16,17)18/h2-4,9,11-12,19H,5-8,10H2,1H3. The third kappa shape index (κ3) is 4.15. The summed E-state index contributed by atoms with van der Waals surface area (Å²) in [6.07, 6.45) is 0.544. The molecule has 0 aromatic heterocycles. The van der Waals surface area contributed by atoms with Crippen molar-refractivity contribution in [3.63, 3.8) is 0 Å². The minimum Gasteiger partial charge on any atom is -0.385 e. The van der Waals surface area contributed by atoms with Gasteiger partial charge in [-0.05, 0) is 42.9 Å². The van der Waals surface area contributed by atoms with Crippen molar-refractivity contribution >= 4 is 5.69 Å². The van der Waals surface area contributed by atoms with Crippen LogP contribution in [0.4, 0.5) is 18.9 Å². The molecule has 0 saturated heterocycles. The van der Waals surface area contributed by atoms with Gasteiger partial charge in [-0.25, -0.2) is 0 Å². The van der Waals surface area contributed by atoms with E-state index >= 15 is 0 Å². The van der Waals surface area contributed by atoms with Gasteiger partial charge in [-0.2, -0.15) is 13.2 Å². The first-order valence-corrected chi connectivity index (χ1v) is 6.86. The van der Waals surface area contributed by atoms with Gasteiger partial charge in [0.2, 0.25) is 0 Å². The molecular formula is C15H20F3N. The van der Waals surface area contributed by atoms with Gasteiger partial charge in [0.05, 0.1) is 5.56 Å². The minimum absolute atomic E-state index is 0.563. The highest BCUT2D eigenvalue weighted by molar-refractivity contribution is 5.46. The average molecular weight is 271 g/mol. The Bertz CT molecular complexity index is 406. The fourth-order valence-electron chi connectivity index (χ4n) is 2.60. The van der Waals surface area contributed by atoms with Crippen LogP contribution in [0.25, 0.3) is 0 Å². The van der Waals surface area contributed by atoms with Gasteiger partial charge in [-0.3, -0.25) is 0 Å². The van der Waals surface area contributed by atoms with Gasteiger partial charge in [-0.15, -0.1) is 0 Å². The molecule has 19 heavy (non-hydrogen) atoms. The normalized spacial score (nSPS) is 24.2. The van der Waals surface area contributed by atoms with Crippen LogP contribution in [0.2, 0.25) is 0 Å². The molecule has 0 heterocycles. The quantitative estimate of drug-likeness (QED) is 0.820. The van der Waals surface area contributed by atoms with Gasteiger partial charge in [0, 0.05) is 12.2 Å². The lowest BCUT2D eigenvalue weighted by Crippen LogP contribution is -2.20. The zero-order valence-electron chi connectivity index (χ0n) is 11.1. The van der Waals surface area contributed by atoms with Crippen molar-refractivity contribution in [3.05, 3.63) is 29.8 Å². The second-order valence-corrected chi connectivity index (χ2v) is 5.59. The molecule has 1 aliphatic carbocycles. The highest BCUT2D eigenvalue weighted by atomic mass is 19.4. The first-order valence-electron chi connectivity index (χ1n) is 6.86. The van der Waals surface area contributed by atoms with Crippen LogP contribution in [0.5, 0.6) is 0 Å². The van der Waals surface area contributed by atoms with Crippen LogP contribution in [-0.2, 0) is 6.18 Å². The molecule has 1 nitrogen and oxygen atoms in total. The number of hydrogen-bond donors (Lipinski definition) is 1. The van der Waals surface area contributed by atoms with E-state index in [2.05, 4.69) is 12.2 Å². The molecule has 1 aliphatic rings. The van der Waals surface area contributed by atoms with E-state index in [1.807, 2.05) is 0 Å². The molecule has 0 atom stereocenters. The molecule has 4 heteroatoms. The Labute approximate surface area is 112 Å². The predicted octanol–water partition coefficient (Wildman–Crippen LogP) is 4.94. The Kier molecular flexibility index (Phi) is 4.38. The van der Waals surface area contributed by atoms with E-state index in [0.29, 0.717) is 11.6 Å². The Morgan fingerprint density at radius 1 is 1.16 bits per heavy atom. The molecule has 0 bridgehead atoms. The summed E-state index contributed by atoms with van der Waals surface area (Å²) < 4.78 is 37.7. The van der Waals surface area contributed by atoms with E-state index in [-0.39, 0.29) is 0 Å². The number of hydrogen-bond acceptors (Lipinski definition) is 1. The molecule has 0 aliphatic heterocycles. The summed E-state index contributed by atoms with van der Waals surface area (Å²) >= 11 is 0. The number of benzene rings is 1. The lowest BCUT2D eigenvalue weighted by Gasteiger charge is -2.26. The number of rotatable bonds is 3. The summed E-state index contributed by atoms with van der Waals surface area (Å²) in [5.41, 5.74) is -0.0248. The molecule has 1 N–H and O–H groups in total. The summed E-state index contributed by atoms with van der Waals surface area (Å²) in [5, 5.41) is 3.14. The van der Waals surface area contributed by atoms with Crippen molar-refractivity contribution < 1.29 is 13.2 Å². The van der Waals surface area contributed by atoms with E-state index in [1.165, 1.54) is 37.8 Å². The van der Waals surface area contributed by atoms with Crippen LogP contribution in [-0.4, -0.2) is 6.54 Å². The molecule has 0 radical (unpaired) electrons. The minimum atomic E-state index is -4.27.